The molecule has 14 rings (SSSR count). The van der Waals surface area contributed by atoms with Crippen LogP contribution in [-0.2, 0) is 10.8 Å². The van der Waals surface area contributed by atoms with E-state index in [1.807, 2.05) is 0 Å². The van der Waals surface area contributed by atoms with Gasteiger partial charge < -0.3 is 9.13 Å². The summed E-state index contributed by atoms with van der Waals surface area (Å²) in [6, 6.07) is 69.1. The standard InChI is InChI=1S/C60H42N2/c1-59(2)51-21-11-7-17-41(51)47-31-49-43-19-9-13-23-55(43)61(57(49)33-53(47)59)35-25-27-39-37-15-5-6-16-38(37)40-28-26-36(30-46(40)45(39)29-35)62-56-24-14-10-20-44(56)50-32-48-42-18-8-12-22-52(42)60(3,4)54(48)34-58(50)62/h5-34H,1-4H3. The third kappa shape index (κ3) is 4.24. The van der Waals surface area contributed by atoms with Crippen molar-refractivity contribution in [3.63, 3.8) is 0 Å². The number of rotatable bonds is 2. The van der Waals surface area contributed by atoms with Crippen LogP contribution in [0, 0.1) is 0 Å². The molecule has 2 aliphatic carbocycles. The Morgan fingerprint density at radius 2 is 0.629 bits per heavy atom. The molecule has 2 heterocycles. The molecule has 0 unspecified atom stereocenters. The first-order valence-electron chi connectivity index (χ1n) is 22.0. The summed E-state index contributed by atoms with van der Waals surface area (Å²) in [5.74, 6) is 0. The Labute approximate surface area is 359 Å². The van der Waals surface area contributed by atoms with Crippen molar-refractivity contribution in [2.45, 2.75) is 38.5 Å². The number of nitrogens with zero attached hydrogens (tertiary/aromatic N) is 2. The molecule has 2 aromatic heterocycles. The molecule has 0 aliphatic heterocycles. The fraction of sp³-hybridized carbons (Fsp3) is 0.100. The Kier molecular flexibility index (Phi) is 6.47. The first-order chi connectivity index (χ1) is 30.3. The lowest BCUT2D eigenvalue weighted by atomic mass is 9.82. The van der Waals surface area contributed by atoms with Crippen molar-refractivity contribution in [2.75, 3.05) is 0 Å². The molecule has 0 atom stereocenters. The van der Waals surface area contributed by atoms with Gasteiger partial charge in [-0.3, -0.25) is 0 Å². The second-order valence-electron chi connectivity index (χ2n) is 18.9. The van der Waals surface area contributed by atoms with Crippen LogP contribution in [0.1, 0.15) is 49.9 Å². The summed E-state index contributed by atoms with van der Waals surface area (Å²) in [5, 5.41) is 12.8. The summed E-state index contributed by atoms with van der Waals surface area (Å²) in [6.07, 6.45) is 0. The van der Waals surface area contributed by atoms with Gasteiger partial charge in [0.05, 0.1) is 22.1 Å². The average molecular weight is 791 g/mol. The number of aromatic nitrogens is 2. The first-order valence-corrected chi connectivity index (χ1v) is 22.0. The summed E-state index contributed by atoms with van der Waals surface area (Å²) in [4.78, 5) is 0. The van der Waals surface area contributed by atoms with Crippen LogP contribution in [0.15, 0.2) is 182 Å². The molecule has 62 heavy (non-hydrogen) atoms. The minimum absolute atomic E-state index is 0.0943. The second-order valence-corrected chi connectivity index (χ2v) is 18.9. The summed E-state index contributed by atoms with van der Waals surface area (Å²) < 4.78 is 5.03. The van der Waals surface area contributed by atoms with Gasteiger partial charge in [-0.1, -0.05) is 149 Å². The minimum Gasteiger partial charge on any atom is -0.309 e. The van der Waals surface area contributed by atoms with E-state index in [0.29, 0.717) is 0 Å². The van der Waals surface area contributed by atoms with E-state index in [1.165, 1.54) is 132 Å². The highest BCUT2D eigenvalue weighted by Gasteiger charge is 2.37. The van der Waals surface area contributed by atoms with Crippen molar-refractivity contribution in [1.29, 1.82) is 0 Å². The largest absolute Gasteiger partial charge is 0.309 e. The van der Waals surface area contributed by atoms with Crippen molar-refractivity contribution in [3.05, 3.63) is 204 Å². The molecule has 2 aliphatic rings. The molecule has 0 bridgehead atoms. The van der Waals surface area contributed by atoms with Crippen LogP contribution in [0.5, 0.6) is 0 Å². The third-order valence-corrected chi connectivity index (χ3v) is 15.1. The van der Waals surface area contributed by atoms with Crippen molar-refractivity contribution >= 4 is 75.9 Å². The quantitative estimate of drug-likeness (QED) is 0.154. The molecule has 0 saturated carbocycles. The van der Waals surface area contributed by atoms with Crippen LogP contribution < -0.4 is 0 Å². The van der Waals surface area contributed by atoms with E-state index in [9.17, 15) is 0 Å². The maximum absolute atomic E-state index is 2.52. The lowest BCUT2D eigenvalue weighted by Crippen LogP contribution is -2.15. The predicted molar refractivity (Wildman–Crippen MR) is 263 cm³/mol. The van der Waals surface area contributed by atoms with Gasteiger partial charge in [0.1, 0.15) is 0 Å². The van der Waals surface area contributed by atoms with Gasteiger partial charge in [0.15, 0.2) is 0 Å². The fourth-order valence-corrected chi connectivity index (χ4v) is 12.1. The van der Waals surface area contributed by atoms with Gasteiger partial charge in [0, 0.05) is 43.7 Å². The van der Waals surface area contributed by atoms with Crippen molar-refractivity contribution in [2.24, 2.45) is 0 Å². The lowest BCUT2D eigenvalue weighted by Gasteiger charge is -2.22. The highest BCUT2D eigenvalue weighted by atomic mass is 15.0. The molecule has 0 fully saturated rings. The van der Waals surface area contributed by atoms with Crippen LogP contribution in [0.4, 0.5) is 0 Å². The van der Waals surface area contributed by atoms with Crippen LogP contribution in [0.2, 0.25) is 0 Å². The van der Waals surface area contributed by atoms with Crippen molar-refractivity contribution in [3.8, 4) is 33.6 Å². The molecular weight excluding hydrogens is 749 g/mol. The van der Waals surface area contributed by atoms with Gasteiger partial charge in [-0.2, -0.15) is 0 Å². The Balaban J connectivity index is 1.05. The second kappa shape index (κ2) is 11.7. The summed E-state index contributed by atoms with van der Waals surface area (Å²) in [5.41, 5.74) is 18.1. The number of fused-ring (bicyclic) bond motifs is 18. The molecular formula is C60H42N2. The lowest BCUT2D eigenvalue weighted by molar-refractivity contribution is 0.661. The molecule has 0 N–H and O–H groups in total. The van der Waals surface area contributed by atoms with E-state index < -0.39 is 0 Å². The van der Waals surface area contributed by atoms with E-state index in [2.05, 4.69) is 219 Å². The monoisotopic (exact) mass is 790 g/mol. The SMILES string of the molecule is CC1(C)c2ccccc2-c2cc3c4ccccc4n(-c4ccc5c6ccccc6c6ccc(-n7c8ccccc8c8cc9c(cc87)C(C)(C)c7ccccc7-9)cc6c5c4)c3cc21. The number of para-hydroxylation sites is 2. The number of benzene rings is 10. The first kappa shape index (κ1) is 34.3. The maximum Gasteiger partial charge on any atom is 0.0544 e. The highest BCUT2D eigenvalue weighted by Crippen LogP contribution is 2.53. The zero-order chi connectivity index (χ0) is 41.2. The van der Waals surface area contributed by atoms with E-state index >= 15 is 0 Å². The predicted octanol–water partition coefficient (Wildman–Crippen LogP) is 16.0. The van der Waals surface area contributed by atoms with Gasteiger partial charge in [-0.05, 0) is 137 Å². The normalized spacial score (nSPS) is 14.7. The number of hydrogen-bond acceptors (Lipinski definition) is 0. The van der Waals surface area contributed by atoms with Crippen LogP contribution in [0.3, 0.4) is 0 Å². The maximum atomic E-state index is 2.52. The van der Waals surface area contributed by atoms with Gasteiger partial charge >= 0.3 is 0 Å². The zero-order valence-electron chi connectivity index (χ0n) is 35.2. The Morgan fingerprint density at radius 1 is 0.258 bits per heavy atom. The van der Waals surface area contributed by atoms with Gasteiger partial charge in [0.25, 0.3) is 0 Å². The average Bonchev–Trinajstić information content (AvgIpc) is 3.96. The molecule has 0 spiro atoms. The third-order valence-electron chi connectivity index (χ3n) is 15.1. The van der Waals surface area contributed by atoms with Crippen LogP contribution >= 0.6 is 0 Å². The van der Waals surface area contributed by atoms with E-state index in [4.69, 9.17) is 0 Å². The van der Waals surface area contributed by atoms with Crippen molar-refractivity contribution in [1.82, 2.24) is 9.13 Å². The molecule has 10 aromatic carbocycles. The smallest absolute Gasteiger partial charge is 0.0544 e. The molecule has 12 aromatic rings. The van der Waals surface area contributed by atoms with Gasteiger partial charge in [-0.25, -0.2) is 0 Å². The van der Waals surface area contributed by atoms with Gasteiger partial charge in [-0.15, -0.1) is 0 Å². The molecule has 2 nitrogen and oxygen atoms in total. The van der Waals surface area contributed by atoms with E-state index in [-0.39, 0.29) is 10.8 Å². The van der Waals surface area contributed by atoms with Crippen molar-refractivity contribution < 1.29 is 0 Å². The summed E-state index contributed by atoms with van der Waals surface area (Å²) >= 11 is 0. The minimum atomic E-state index is -0.0943. The Hall–Kier alpha value is -7.42. The summed E-state index contributed by atoms with van der Waals surface area (Å²) in [6.45, 7) is 9.52. The Bertz CT molecular complexity index is 3720. The molecule has 0 radical (unpaired) electrons. The zero-order valence-corrected chi connectivity index (χ0v) is 35.2. The van der Waals surface area contributed by atoms with E-state index in [1.54, 1.807) is 0 Å². The van der Waals surface area contributed by atoms with Crippen LogP contribution in [-0.4, -0.2) is 9.13 Å². The molecule has 0 saturated heterocycles. The fourth-order valence-electron chi connectivity index (χ4n) is 12.1. The Morgan fingerprint density at radius 3 is 1.08 bits per heavy atom. The molecule has 292 valence electrons. The highest BCUT2D eigenvalue weighted by molar-refractivity contribution is 6.26. The van der Waals surface area contributed by atoms with Gasteiger partial charge in [0.2, 0.25) is 0 Å². The van der Waals surface area contributed by atoms with E-state index in [0.717, 1.165) is 0 Å². The summed E-state index contributed by atoms with van der Waals surface area (Å²) in [7, 11) is 0. The topological polar surface area (TPSA) is 9.86 Å². The molecule has 0 amide bonds. The van der Waals surface area contributed by atoms with Crippen LogP contribution in [0.25, 0.3) is 110 Å². The molecule has 2 heteroatoms. The number of hydrogen-bond donors (Lipinski definition) is 0.